The summed E-state index contributed by atoms with van der Waals surface area (Å²) in [6.07, 6.45) is 3.38. The summed E-state index contributed by atoms with van der Waals surface area (Å²) in [5, 5.41) is 11.3. The van der Waals surface area contributed by atoms with Gasteiger partial charge in [-0.1, -0.05) is 30.0 Å². The number of hydrogen-bond donors (Lipinski definition) is 1. The average Bonchev–Trinajstić information content (AvgIpc) is 3.55. The Labute approximate surface area is 202 Å². The van der Waals surface area contributed by atoms with Crippen molar-refractivity contribution in [3.63, 3.8) is 0 Å². The van der Waals surface area contributed by atoms with Crippen LogP contribution in [0.5, 0.6) is 5.75 Å². The van der Waals surface area contributed by atoms with Gasteiger partial charge in [0.25, 0.3) is 17.0 Å². The molecule has 11 heteroatoms. The molecule has 1 fully saturated rings. The summed E-state index contributed by atoms with van der Waals surface area (Å²) in [5.74, 6) is 0.607. The van der Waals surface area contributed by atoms with E-state index in [0.717, 1.165) is 12.8 Å². The maximum atomic E-state index is 13.2. The highest BCUT2D eigenvalue weighted by atomic mass is 32.2. The first-order chi connectivity index (χ1) is 16.4. The molecule has 1 amide bonds. The van der Waals surface area contributed by atoms with Gasteiger partial charge in [-0.25, -0.2) is 8.42 Å². The highest BCUT2D eigenvalue weighted by Gasteiger charge is 2.29. The minimum Gasteiger partial charge on any atom is -0.496 e. The zero-order valence-electron chi connectivity index (χ0n) is 18.6. The molecule has 4 rings (SSSR count). The first-order valence-electron chi connectivity index (χ1n) is 10.6. The van der Waals surface area contributed by atoms with Gasteiger partial charge in [-0.15, -0.1) is 16.8 Å². The first kappa shape index (κ1) is 24.0. The van der Waals surface area contributed by atoms with E-state index < -0.39 is 15.9 Å². The standard InChI is InChI=1S/C23H24N4O5S2/c1-3-14-33-23-26-25-22(32-23)17-8-4-5-9-19(17)24-21(28)18-15-16(10-11-20(18)31-2)34(29,30)27-12-6-7-13-27/h3-5,8-11,15H,1,6-7,12-14H2,2H3,(H,24,28). The van der Waals surface area contributed by atoms with E-state index in [0.29, 0.717) is 35.3 Å². The predicted octanol–water partition coefficient (Wildman–Crippen LogP) is 4.06. The number of carbonyl (C=O) groups excluding carboxylic acids is 1. The van der Waals surface area contributed by atoms with Crippen molar-refractivity contribution in [3.05, 3.63) is 60.7 Å². The summed E-state index contributed by atoms with van der Waals surface area (Å²) < 4.78 is 38.5. The van der Waals surface area contributed by atoms with Crippen molar-refractivity contribution in [2.45, 2.75) is 23.0 Å². The molecule has 34 heavy (non-hydrogen) atoms. The van der Waals surface area contributed by atoms with Crippen molar-refractivity contribution in [2.75, 3.05) is 31.3 Å². The van der Waals surface area contributed by atoms with Crippen LogP contribution >= 0.6 is 11.8 Å². The van der Waals surface area contributed by atoms with Crippen molar-refractivity contribution >= 4 is 33.4 Å². The lowest BCUT2D eigenvalue weighted by molar-refractivity contribution is 0.102. The zero-order chi connectivity index (χ0) is 24.1. The summed E-state index contributed by atoms with van der Waals surface area (Å²) in [5.41, 5.74) is 1.07. The van der Waals surface area contributed by atoms with Crippen molar-refractivity contribution in [3.8, 4) is 17.2 Å². The number of rotatable bonds is 9. The molecule has 1 aliphatic heterocycles. The number of benzene rings is 2. The Morgan fingerprint density at radius 1 is 1.24 bits per heavy atom. The molecule has 0 aliphatic carbocycles. The van der Waals surface area contributed by atoms with Gasteiger partial charge in [0.15, 0.2) is 0 Å². The second-order valence-electron chi connectivity index (χ2n) is 7.45. The van der Waals surface area contributed by atoms with Crippen molar-refractivity contribution < 1.29 is 22.4 Å². The van der Waals surface area contributed by atoms with Crippen LogP contribution in [-0.4, -0.2) is 54.8 Å². The molecule has 0 saturated carbocycles. The molecule has 2 heterocycles. The summed E-state index contributed by atoms with van der Waals surface area (Å²) in [6.45, 7) is 4.61. The normalized spacial score (nSPS) is 14.1. The second kappa shape index (κ2) is 10.4. The average molecular weight is 501 g/mol. The van der Waals surface area contributed by atoms with Crippen LogP contribution in [0.25, 0.3) is 11.5 Å². The van der Waals surface area contributed by atoms with Gasteiger partial charge in [-0.2, -0.15) is 4.31 Å². The molecular weight excluding hydrogens is 476 g/mol. The van der Waals surface area contributed by atoms with Crippen LogP contribution < -0.4 is 10.1 Å². The summed E-state index contributed by atoms with van der Waals surface area (Å²) in [6, 6.07) is 11.3. The molecule has 1 aliphatic rings. The number of para-hydroxylation sites is 1. The van der Waals surface area contributed by atoms with Gasteiger partial charge in [0.05, 0.1) is 28.8 Å². The van der Waals surface area contributed by atoms with Gasteiger partial charge >= 0.3 is 0 Å². The lowest BCUT2D eigenvalue weighted by Crippen LogP contribution is -2.28. The molecule has 0 unspecified atom stereocenters. The Morgan fingerprint density at radius 3 is 2.74 bits per heavy atom. The molecule has 1 aromatic heterocycles. The molecule has 0 atom stereocenters. The maximum Gasteiger partial charge on any atom is 0.277 e. The number of anilines is 1. The maximum absolute atomic E-state index is 13.2. The predicted molar refractivity (Wildman–Crippen MR) is 130 cm³/mol. The van der Waals surface area contributed by atoms with Crippen LogP contribution in [0.2, 0.25) is 0 Å². The lowest BCUT2D eigenvalue weighted by Gasteiger charge is -2.17. The van der Waals surface area contributed by atoms with E-state index in [2.05, 4.69) is 22.1 Å². The molecule has 0 bridgehead atoms. The van der Waals surface area contributed by atoms with Crippen LogP contribution in [-0.2, 0) is 10.0 Å². The van der Waals surface area contributed by atoms with E-state index >= 15 is 0 Å². The number of thioether (sulfide) groups is 1. The van der Waals surface area contributed by atoms with Crippen LogP contribution in [0, 0.1) is 0 Å². The van der Waals surface area contributed by atoms with Crippen LogP contribution in [0.3, 0.4) is 0 Å². The summed E-state index contributed by atoms with van der Waals surface area (Å²) in [4.78, 5) is 13.3. The Morgan fingerprint density at radius 2 is 2.00 bits per heavy atom. The van der Waals surface area contributed by atoms with E-state index in [-0.39, 0.29) is 22.1 Å². The van der Waals surface area contributed by atoms with Gasteiger partial charge in [0.1, 0.15) is 5.75 Å². The third kappa shape index (κ3) is 5.01. The second-order valence-corrected chi connectivity index (χ2v) is 10.4. The van der Waals surface area contributed by atoms with Gasteiger partial charge in [0.2, 0.25) is 10.0 Å². The molecular formula is C23H24N4O5S2. The monoisotopic (exact) mass is 500 g/mol. The third-order valence-electron chi connectivity index (χ3n) is 5.26. The molecule has 9 nitrogen and oxygen atoms in total. The topological polar surface area (TPSA) is 115 Å². The van der Waals surface area contributed by atoms with Crippen molar-refractivity contribution in [1.29, 1.82) is 0 Å². The van der Waals surface area contributed by atoms with Crippen LogP contribution in [0.4, 0.5) is 5.69 Å². The van der Waals surface area contributed by atoms with Gasteiger partial charge < -0.3 is 14.5 Å². The molecule has 1 saturated heterocycles. The Balaban J connectivity index is 1.63. The number of methoxy groups -OCH3 is 1. The van der Waals surface area contributed by atoms with Crippen LogP contribution in [0.15, 0.2) is 69.7 Å². The highest BCUT2D eigenvalue weighted by molar-refractivity contribution is 7.99. The number of sulfonamides is 1. The number of ether oxygens (including phenoxy) is 1. The first-order valence-corrected chi connectivity index (χ1v) is 13.0. The highest BCUT2D eigenvalue weighted by Crippen LogP contribution is 2.31. The number of aromatic nitrogens is 2. The number of amides is 1. The van der Waals surface area contributed by atoms with E-state index in [1.165, 1.54) is 41.4 Å². The third-order valence-corrected chi connectivity index (χ3v) is 7.96. The van der Waals surface area contributed by atoms with Crippen molar-refractivity contribution in [2.24, 2.45) is 0 Å². The van der Waals surface area contributed by atoms with Gasteiger partial charge in [-0.3, -0.25) is 4.79 Å². The number of hydrogen-bond acceptors (Lipinski definition) is 8. The minimum atomic E-state index is -3.69. The Bertz CT molecular complexity index is 1300. The van der Waals surface area contributed by atoms with E-state index in [4.69, 9.17) is 9.15 Å². The summed E-state index contributed by atoms with van der Waals surface area (Å²) >= 11 is 1.35. The van der Waals surface area contributed by atoms with Gasteiger partial charge in [-0.05, 0) is 43.2 Å². The fourth-order valence-corrected chi connectivity index (χ4v) is 5.62. The Kier molecular flexibility index (Phi) is 7.35. The molecule has 0 radical (unpaired) electrons. The quantitative estimate of drug-likeness (QED) is 0.346. The fourth-order valence-electron chi connectivity index (χ4n) is 3.58. The van der Waals surface area contributed by atoms with E-state index in [1.54, 1.807) is 30.3 Å². The molecule has 1 N–H and O–H groups in total. The van der Waals surface area contributed by atoms with E-state index in [1.807, 2.05) is 0 Å². The number of carbonyl (C=O) groups is 1. The summed E-state index contributed by atoms with van der Waals surface area (Å²) in [7, 11) is -2.27. The molecule has 3 aromatic rings. The van der Waals surface area contributed by atoms with Gasteiger partial charge in [0, 0.05) is 18.8 Å². The molecule has 178 valence electrons. The van der Waals surface area contributed by atoms with Crippen molar-refractivity contribution in [1.82, 2.24) is 14.5 Å². The molecule has 2 aromatic carbocycles. The number of nitrogens with one attached hydrogen (secondary N) is 1. The smallest absolute Gasteiger partial charge is 0.277 e. The van der Waals surface area contributed by atoms with Crippen LogP contribution in [0.1, 0.15) is 23.2 Å². The fraction of sp³-hybridized carbons (Fsp3) is 0.261. The largest absolute Gasteiger partial charge is 0.496 e. The number of nitrogens with zero attached hydrogens (tertiary/aromatic N) is 3. The molecule has 0 spiro atoms. The lowest BCUT2D eigenvalue weighted by atomic mass is 10.1. The zero-order valence-corrected chi connectivity index (χ0v) is 20.2. The minimum absolute atomic E-state index is 0.0504. The SMILES string of the molecule is C=CCSc1nnc(-c2ccccc2NC(=O)c2cc(S(=O)(=O)N3CCCC3)ccc2OC)o1. The Hall–Kier alpha value is -3.15. The van der Waals surface area contributed by atoms with E-state index in [9.17, 15) is 13.2 Å².